The zero-order valence-corrected chi connectivity index (χ0v) is 58.9. The van der Waals surface area contributed by atoms with Gasteiger partial charge in [-0.3, -0.25) is 0 Å². The molecule has 4 aromatic carbocycles. The van der Waals surface area contributed by atoms with Gasteiger partial charge in [0.2, 0.25) is 0 Å². The van der Waals surface area contributed by atoms with Crippen molar-refractivity contribution in [1.82, 2.24) is 19.9 Å². The first-order chi connectivity index (χ1) is 49.3. The van der Waals surface area contributed by atoms with Crippen molar-refractivity contribution in [2.45, 2.75) is 6.61 Å². The van der Waals surface area contributed by atoms with Crippen LogP contribution in [-0.4, -0.2) is 215 Å². The maximum atomic E-state index is 13.5. The number of nitrogens with zero attached hydrogens (tertiary/aromatic N) is 4. The van der Waals surface area contributed by atoms with Gasteiger partial charge < -0.3 is 81.0 Å². The van der Waals surface area contributed by atoms with Gasteiger partial charge in [0.25, 0.3) is 0 Å². The van der Waals surface area contributed by atoms with Crippen molar-refractivity contribution >= 4 is 64.3 Å². The number of fused-ring (bicyclic) bond motifs is 8. The van der Waals surface area contributed by atoms with Crippen molar-refractivity contribution in [1.29, 1.82) is 0 Å². The topological polar surface area (TPSA) is 262 Å². The number of aromatic nitrogens is 4. The van der Waals surface area contributed by atoms with Crippen LogP contribution in [0.15, 0.2) is 121 Å². The van der Waals surface area contributed by atoms with Gasteiger partial charge in [0, 0.05) is 28.4 Å². The summed E-state index contributed by atoms with van der Waals surface area (Å²) < 4.78 is 81.1. The van der Waals surface area contributed by atoms with Crippen molar-refractivity contribution in [3.63, 3.8) is 0 Å². The Morgan fingerprint density at radius 1 is 0.287 bits per heavy atom. The van der Waals surface area contributed by atoms with Crippen LogP contribution in [0.2, 0.25) is 0 Å². The summed E-state index contributed by atoms with van der Waals surface area (Å²) in [5.74, 6) is -1.55. The molecular weight excluding hydrogens is 1400 g/mol. The summed E-state index contributed by atoms with van der Waals surface area (Å²) in [6.45, 7) is 8.35. The second kappa shape index (κ2) is 44.4. The summed E-state index contributed by atoms with van der Waals surface area (Å²) in [6, 6.07) is 37.0. The van der Waals surface area contributed by atoms with E-state index in [9.17, 15) is 14.4 Å². The van der Waals surface area contributed by atoms with Crippen molar-refractivity contribution in [3.05, 3.63) is 166 Å². The molecular formula is C76H86N4O20Pd. The molecule has 0 atom stereocenters. The fraction of sp³-hybridized carbons (Fsp3) is 0.382. The molecule has 24 nitrogen and oxygen atoms in total. The van der Waals surface area contributed by atoms with E-state index in [2.05, 4.69) is 0 Å². The van der Waals surface area contributed by atoms with Gasteiger partial charge in [-0.05, 0) is 111 Å². The monoisotopic (exact) mass is 1480 g/mol. The minimum atomic E-state index is -0.519. The molecule has 5 heterocycles. The summed E-state index contributed by atoms with van der Waals surface area (Å²) in [5, 5.41) is 0. The predicted octanol–water partition coefficient (Wildman–Crippen LogP) is 10.2. The van der Waals surface area contributed by atoms with Crippen molar-refractivity contribution in [3.8, 4) is 44.5 Å². The number of carbonyl (C=O) groups excluding carboxylic acids is 3. The Morgan fingerprint density at radius 3 is 0.792 bits per heavy atom. The van der Waals surface area contributed by atoms with E-state index in [-0.39, 0.29) is 73.3 Å². The zero-order chi connectivity index (χ0) is 69.8. The van der Waals surface area contributed by atoms with Crippen LogP contribution < -0.4 is 9.97 Å². The average Bonchev–Trinajstić information content (AvgIpc) is 1.62. The number of hydrogen-bond acceptors (Lipinski definition) is 22. The summed E-state index contributed by atoms with van der Waals surface area (Å²) in [5.41, 5.74) is 12.1. The molecule has 7 aromatic rings. The van der Waals surface area contributed by atoms with Crippen LogP contribution in [0.1, 0.15) is 59.4 Å². The fourth-order valence-corrected chi connectivity index (χ4v) is 10.3. The molecule has 0 fully saturated rings. The van der Waals surface area contributed by atoms with E-state index in [0.717, 1.165) is 16.7 Å². The third-order valence-electron chi connectivity index (χ3n) is 15.3. The first-order valence-electron chi connectivity index (χ1n) is 33.1. The zero-order valence-electron chi connectivity index (χ0n) is 57.3. The van der Waals surface area contributed by atoms with Gasteiger partial charge in [-0.25, -0.2) is 34.1 Å². The van der Waals surface area contributed by atoms with E-state index in [1.807, 2.05) is 109 Å². The molecule has 0 radical (unpaired) electrons. The Hall–Kier alpha value is -8.01. The van der Waals surface area contributed by atoms with Gasteiger partial charge in [-0.1, -0.05) is 84.9 Å². The van der Waals surface area contributed by atoms with E-state index in [1.54, 1.807) is 64.8 Å². The van der Waals surface area contributed by atoms with Gasteiger partial charge in [-0.2, -0.15) is 0 Å². The van der Waals surface area contributed by atoms with Crippen LogP contribution in [0.5, 0.6) is 0 Å². The van der Waals surface area contributed by atoms with Gasteiger partial charge in [0.15, 0.2) is 0 Å². The van der Waals surface area contributed by atoms with E-state index in [4.69, 9.17) is 101 Å². The SMILES string of the molecule is COCCOCCOCCOOCc1ccc(-c2c3nc(c(-c4ccc(C(=O)OCCOCCOCCOC)cc4)c4ccc([n-]4)c(-c4ccc(C(=O)OCCOCCOCCOC)cc4)c4nc(c(-c5ccc(C(=O)OCCOCCOCCOC)cc5)c5ccc2[n-]5)C=C4)C=C3)cc1.[Pd+2]. The Kier molecular flexibility index (Phi) is 34.6. The van der Waals surface area contributed by atoms with E-state index < -0.39 is 17.9 Å². The third-order valence-corrected chi connectivity index (χ3v) is 15.3. The number of esters is 3. The Bertz CT molecular complexity index is 3820. The molecule has 3 aromatic heterocycles. The average molecular weight is 1480 g/mol. The van der Waals surface area contributed by atoms with Gasteiger partial charge in [0.1, 0.15) is 33.0 Å². The van der Waals surface area contributed by atoms with Crippen molar-refractivity contribution in [2.24, 2.45) is 0 Å². The van der Waals surface area contributed by atoms with E-state index in [1.165, 1.54) is 0 Å². The number of methoxy groups -OCH3 is 4. The number of hydrogen-bond donors (Lipinski definition) is 0. The molecule has 0 aliphatic carbocycles. The van der Waals surface area contributed by atoms with Crippen molar-refractivity contribution < 1.29 is 116 Å². The summed E-state index contributed by atoms with van der Waals surface area (Å²) >= 11 is 0. The number of rotatable bonds is 46. The minimum Gasteiger partial charge on any atom is -0.657 e. The Balaban J connectivity index is 0.0000130. The van der Waals surface area contributed by atoms with Gasteiger partial charge in [-0.15, -0.1) is 22.1 Å². The van der Waals surface area contributed by atoms with Gasteiger partial charge in [0.05, 0.1) is 172 Å². The molecule has 2 aliphatic heterocycles. The molecule has 0 N–H and O–H groups in total. The number of carbonyl (C=O) groups is 3. The van der Waals surface area contributed by atoms with E-state index >= 15 is 0 Å². The summed E-state index contributed by atoms with van der Waals surface area (Å²) in [4.78, 5) is 73.1. The van der Waals surface area contributed by atoms with Crippen LogP contribution in [0.3, 0.4) is 0 Å². The second-order valence-corrected chi connectivity index (χ2v) is 22.2. The maximum absolute atomic E-state index is 13.5. The first kappa shape index (κ1) is 78.7. The third kappa shape index (κ3) is 24.6. The summed E-state index contributed by atoms with van der Waals surface area (Å²) in [6.07, 6.45) is 7.75. The molecule has 25 heteroatoms. The van der Waals surface area contributed by atoms with Gasteiger partial charge >= 0.3 is 38.3 Å². The van der Waals surface area contributed by atoms with Crippen LogP contribution in [0.25, 0.3) is 90.9 Å². The van der Waals surface area contributed by atoms with Crippen LogP contribution in [0.4, 0.5) is 0 Å². The van der Waals surface area contributed by atoms with Crippen LogP contribution >= 0.6 is 0 Å². The minimum absolute atomic E-state index is 0. The number of ether oxygens (including phenoxy) is 15. The molecule has 0 saturated heterocycles. The number of benzene rings is 4. The quantitative estimate of drug-likeness (QED) is 0.00857. The Morgan fingerprint density at radius 2 is 0.525 bits per heavy atom. The largest absolute Gasteiger partial charge is 2.00 e. The molecule has 540 valence electrons. The van der Waals surface area contributed by atoms with E-state index in [0.29, 0.717) is 207 Å². The maximum Gasteiger partial charge on any atom is 2.00 e. The smallest absolute Gasteiger partial charge is 0.657 e. The Labute approximate surface area is 601 Å². The molecule has 8 bridgehead atoms. The fourth-order valence-electron chi connectivity index (χ4n) is 10.3. The molecule has 2 aliphatic rings. The van der Waals surface area contributed by atoms with Crippen LogP contribution in [0, 0.1) is 0 Å². The normalized spacial score (nSPS) is 11.7. The standard InChI is InChI=1S/C76H87N4O20.Pd/c1-84-29-33-88-37-41-92-45-49-96-74(81)59-15-9-56(10-16-59)71-64-23-21-62(77-64)70(55-7-5-54(6-8-55)53-100-99-52-48-95-44-40-91-36-32-87-4)63-22-24-65(78-63)72(57-11-17-60(18-12-57)75(82)97-50-46-93-42-38-89-34-30-85-2)67-26-28-69(80-67)73(68-27-25-66(71)79-68)58-13-19-61(20-14-58)76(83)98-51-47-94-43-39-90-35-31-86-3;/h5-28H,29-53H2,1-4H3,(H-,77,78,79,80,81,82,83);/q-1;+2/p-1. The molecule has 9 rings (SSSR count). The van der Waals surface area contributed by atoms with Crippen molar-refractivity contribution in [2.75, 3.05) is 187 Å². The molecule has 0 saturated carbocycles. The summed E-state index contributed by atoms with van der Waals surface area (Å²) in [7, 11) is 6.45. The van der Waals surface area contributed by atoms with Crippen LogP contribution in [-0.2, 0) is 108 Å². The first-order valence-corrected chi connectivity index (χ1v) is 33.1. The molecule has 0 spiro atoms. The molecule has 0 unspecified atom stereocenters. The molecule has 101 heavy (non-hydrogen) atoms. The second-order valence-electron chi connectivity index (χ2n) is 22.2. The predicted molar refractivity (Wildman–Crippen MR) is 374 cm³/mol. The molecule has 0 amide bonds.